The normalized spacial score (nSPS) is 22.1. The van der Waals surface area contributed by atoms with E-state index in [1.165, 1.54) is 70.4 Å². The highest BCUT2D eigenvalue weighted by Crippen LogP contribution is 2.30. The molecule has 20 heavy (non-hydrogen) atoms. The lowest BCUT2D eigenvalue weighted by Gasteiger charge is -2.30. The van der Waals surface area contributed by atoms with Gasteiger partial charge in [-0.15, -0.1) is 0 Å². The van der Waals surface area contributed by atoms with Crippen LogP contribution in [0.25, 0.3) is 0 Å². The van der Waals surface area contributed by atoms with Crippen molar-refractivity contribution in [1.29, 1.82) is 0 Å². The van der Waals surface area contributed by atoms with Gasteiger partial charge in [-0.05, 0) is 75.8 Å². The third kappa shape index (κ3) is 3.42. The smallest absolute Gasteiger partial charge is 0.0236 e. The minimum atomic E-state index is 0.774. The molecule has 2 fully saturated rings. The zero-order valence-electron chi connectivity index (χ0n) is 12.8. The maximum Gasteiger partial charge on any atom is 0.0236 e. The van der Waals surface area contributed by atoms with Crippen LogP contribution in [0.4, 0.5) is 0 Å². The minimum absolute atomic E-state index is 0.774. The first-order valence-corrected chi connectivity index (χ1v) is 8.35. The summed E-state index contributed by atoms with van der Waals surface area (Å²) in [4.78, 5) is 2.65. The molecule has 1 aromatic rings. The molecular weight excluding hydrogens is 244 g/mol. The maximum atomic E-state index is 3.49. The van der Waals surface area contributed by atoms with Crippen molar-refractivity contribution in [3.05, 3.63) is 34.9 Å². The fourth-order valence-corrected chi connectivity index (χ4v) is 3.73. The summed E-state index contributed by atoms with van der Waals surface area (Å²) in [5.41, 5.74) is 4.64. The predicted octanol–water partition coefficient (Wildman–Crippen LogP) is 3.45. The summed E-state index contributed by atoms with van der Waals surface area (Å²) in [6.45, 7) is 8.34. The summed E-state index contributed by atoms with van der Waals surface area (Å²) in [6.07, 6.45) is 6.79. The van der Waals surface area contributed by atoms with Crippen molar-refractivity contribution in [3.63, 3.8) is 0 Å². The first kappa shape index (κ1) is 14.1. The van der Waals surface area contributed by atoms with E-state index < -0.39 is 0 Å². The number of hydrogen-bond donors (Lipinski definition) is 1. The van der Waals surface area contributed by atoms with E-state index in [1.54, 1.807) is 11.1 Å². The number of nitrogens with zero attached hydrogens (tertiary/aromatic N) is 1. The molecule has 0 atom stereocenters. The molecule has 2 heterocycles. The van der Waals surface area contributed by atoms with E-state index in [0.29, 0.717) is 0 Å². The summed E-state index contributed by atoms with van der Waals surface area (Å²) < 4.78 is 0. The quantitative estimate of drug-likeness (QED) is 0.906. The number of piperidine rings is 2. The Morgan fingerprint density at radius 3 is 2.60 bits per heavy atom. The van der Waals surface area contributed by atoms with E-state index in [9.17, 15) is 0 Å². The first-order chi connectivity index (χ1) is 9.83. The van der Waals surface area contributed by atoms with E-state index in [-0.39, 0.29) is 0 Å². The van der Waals surface area contributed by atoms with Crippen LogP contribution < -0.4 is 5.32 Å². The summed E-state index contributed by atoms with van der Waals surface area (Å²) >= 11 is 0. The molecule has 1 N–H and O–H groups in total. The van der Waals surface area contributed by atoms with Gasteiger partial charge in [0, 0.05) is 6.54 Å². The standard InChI is InChI=1S/C18H28N2/c1-15-5-6-17(14-20-11-3-2-4-12-20)18(13-15)16-7-9-19-10-8-16/h5-6,13,16,19H,2-4,7-12,14H2,1H3. The molecule has 0 amide bonds. The first-order valence-electron chi connectivity index (χ1n) is 8.35. The Kier molecular flexibility index (Phi) is 4.74. The number of likely N-dealkylation sites (tertiary alicyclic amines) is 1. The van der Waals surface area contributed by atoms with Crippen LogP contribution in [0, 0.1) is 6.92 Å². The Labute approximate surface area is 123 Å². The predicted molar refractivity (Wildman–Crippen MR) is 85.2 cm³/mol. The average molecular weight is 272 g/mol. The third-order valence-corrected chi connectivity index (χ3v) is 4.92. The Bertz CT molecular complexity index is 429. The number of aryl methyl sites for hydroxylation is 1. The second kappa shape index (κ2) is 6.73. The molecule has 0 spiro atoms. The topological polar surface area (TPSA) is 15.3 Å². The third-order valence-electron chi connectivity index (χ3n) is 4.92. The molecule has 1 aromatic carbocycles. The van der Waals surface area contributed by atoms with Crippen LogP contribution in [0.3, 0.4) is 0 Å². The lowest BCUT2D eigenvalue weighted by atomic mass is 9.86. The van der Waals surface area contributed by atoms with E-state index in [1.807, 2.05) is 0 Å². The van der Waals surface area contributed by atoms with Gasteiger partial charge in [-0.1, -0.05) is 30.2 Å². The lowest BCUT2D eigenvalue weighted by molar-refractivity contribution is 0.220. The molecule has 0 aliphatic carbocycles. The van der Waals surface area contributed by atoms with E-state index in [4.69, 9.17) is 0 Å². The van der Waals surface area contributed by atoms with Crippen LogP contribution in [-0.4, -0.2) is 31.1 Å². The molecule has 0 aromatic heterocycles. The van der Waals surface area contributed by atoms with Crippen molar-refractivity contribution in [2.75, 3.05) is 26.2 Å². The minimum Gasteiger partial charge on any atom is -0.317 e. The molecule has 2 aliphatic heterocycles. The van der Waals surface area contributed by atoms with Gasteiger partial charge in [0.15, 0.2) is 0 Å². The highest BCUT2D eigenvalue weighted by Gasteiger charge is 2.20. The summed E-state index contributed by atoms with van der Waals surface area (Å²) in [7, 11) is 0. The second-order valence-electron chi connectivity index (χ2n) is 6.56. The molecule has 0 radical (unpaired) electrons. The van der Waals surface area contributed by atoms with Gasteiger partial charge in [-0.2, -0.15) is 0 Å². The zero-order chi connectivity index (χ0) is 13.8. The Hall–Kier alpha value is -0.860. The Balaban J connectivity index is 1.77. The molecule has 2 saturated heterocycles. The van der Waals surface area contributed by atoms with Crippen molar-refractivity contribution >= 4 is 0 Å². The highest BCUT2D eigenvalue weighted by atomic mass is 15.1. The van der Waals surface area contributed by atoms with Gasteiger partial charge in [0.05, 0.1) is 0 Å². The molecule has 2 heteroatoms. The average Bonchev–Trinajstić information content (AvgIpc) is 2.51. The SMILES string of the molecule is Cc1ccc(CN2CCCCC2)c(C2CCNCC2)c1. The number of rotatable bonds is 3. The van der Waals surface area contributed by atoms with Crippen molar-refractivity contribution < 1.29 is 0 Å². The molecule has 2 aliphatic rings. The van der Waals surface area contributed by atoms with Crippen LogP contribution >= 0.6 is 0 Å². The molecule has 3 rings (SSSR count). The fraction of sp³-hybridized carbons (Fsp3) is 0.667. The van der Waals surface area contributed by atoms with Crippen LogP contribution in [0.2, 0.25) is 0 Å². The lowest BCUT2D eigenvalue weighted by Crippen LogP contribution is -2.31. The number of nitrogens with one attached hydrogen (secondary N) is 1. The molecule has 110 valence electrons. The van der Waals surface area contributed by atoms with Gasteiger partial charge >= 0.3 is 0 Å². The summed E-state index contributed by atoms with van der Waals surface area (Å²) in [6, 6.07) is 7.14. The van der Waals surface area contributed by atoms with Gasteiger partial charge < -0.3 is 5.32 Å². The van der Waals surface area contributed by atoms with Gasteiger partial charge in [0.1, 0.15) is 0 Å². The van der Waals surface area contributed by atoms with Crippen LogP contribution in [0.15, 0.2) is 18.2 Å². The molecule has 0 unspecified atom stereocenters. The van der Waals surface area contributed by atoms with Gasteiger partial charge in [0.2, 0.25) is 0 Å². The second-order valence-corrected chi connectivity index (χ2v) is 6.56. The fourth-order valence-electron chi connectivity index (χ4n) is 3.73. The molecule has 0 bridgehead atoms. The highest BCUT2D eigenvalue weighted by molar-refractivity contribution is 5.34. The van der Waals surface area contributed by atoms with Crippen LogP contribution in [-0.2, 0) is 6.54 Å². The zero-order valence-corrected chi connectivity index (χ0v) is 12.8. The summed E-state index contributed by atoms with van der Waals surface area (Å²) in [5.74, 6) is 0.774. The number of benzene rings is 1. The monoisotopic (exact) mass is 272 g/mol. The van der Waals surface area contributed by atoms with Crippen molar-refractivity contribution in [2.45, 2.75) is 51.5 Å². The van der Waals surface area contributed by atoms with Gasteiger partial charge in [0.25, 0.3) is 0 Å². The van der Waals surface area contributed by atoms with E-state index in [0.717, 1.165) is 5.92 Å². The van der Waals surface area contributed by atoms with Crippen molar-refractivity contribution in [2.24, 2.45) is 0 Å². The van der Waals surface area contributed by atoms with Crippen molar-refractivity contribution in [3.8, 4) is 0 Å². The van der Waals surface area contributed by atoms with Gasteiger partial charge in [-0.3, -0.25) is 4.90 Å². The van der Waals surface area contributed by atoms with E-state index in [2.05, 4.69) is 35.3 Å². The molecule has 2 nitrogen and oxygen atoms in total. The van der Waals surface area contributed by atoms with Crippen molar-refractivity contribution in [1.82, 2.24) is 10.2 Å². The largest absolute Gasteiger partial charge is 0.317 e. The van der Waals surface area contributed by atoms with Gasteiger partial charge in [-0.25, -0.2) is 0 Å². The molecular formula is C18H28N2. The Morgan fingerprint density at radius 2 is 1.85 bits per heavy atom. The Morgan fingerprint density at radius 1 is 1.10 bits per heavy atom. The van der Waals surface area contributed by atoms with Crippen LogP contribution in [0.1, 0.15) is 54.7 Å². The number of hydrogen-bond acceptors (Lipinski definition) is 2. The maximum absolute atomic E-state index is 3.49. The summed E-state index contributed by atoms with van der Waals surface area (Å²) in [5, 5.41) is 3.49. The van der Waals surface area contributed by atoms with E-state index >= 15 is 0 Å². The van der Waals surface area contributed by atoms with Crippen LogP contribution in [0.5, 0.6) is 0 Å². The molecule has 0 saturated carbocycles.